The van der Waals surface area contributed by atoms with Crippen molar-refractivity contribution in [1.29, 1.82) is 0 Å². The maximum atomic E-state index is 11.2. The molecule has 0 saturated carbocycles. The number of aliphatic carboxylic acids is 1. The molecule has 0 unspecified atom stereocenters. The molecule has 2 saturated heterocycles. The Morgan fingerprint density at radius 1 is 0.863 bits per heavy atom. The van der Waals surface area contributed by atoms with Crippen molar-refractivity contribution in [2.45, 2.75) is 39.0 Å². The molecule has 4 aromatic heterocycles. The predicted molar refractivity (Wildman–Crippen MR) is 199 cm³/mol. The van der Waals surface area contributed by atoms with Crippen LogP contribution in [-0.2, 0) is 24.3 Å². The Kier molecular flexibility index (Phi) is 9.08. The predicted octanol–water partition coefficient (Wildman–Crippen LogP) is 6.62. The van der Waals surface area contributed by atoms with Gasteiger partial charge in [-0.15, -0.1) is 0 Å². The standard InChI is InChI=1S/C40H38ClN7O3/c1-24-27(16-35-37-28(8-11-42-35)14-26(17-44-37)20-48-21-30(22-48)40(50)51)4-2-5-32(24)33-6-3-7-34(36(33)41)46-39-38-29(9-12-43-39)15-25(18-45-38)19-47-13-10-31(49)23-47/h2-9,11-12,14-15,17-18,30-31,49H,10,13,16,19-23H2,1H3,(H,43,46)(H,50,51)/t31-/m1/s1. The molecular weight excluding hydrogens is 662 g/mol. The number of pyridine rings is 4. The molecule has 11 heteroatoms. The summed E-state index contributed by atoms with van der Waals surface area (Å²) in [5.41, 5.74) is 9.60. The Bertz CT molecular complexity index is 2280. The summed E-state index contributed by atoms with van der Waals surface area (Å²) in [5.74, 6) is -0.380. The Morgan fingerprint density at radius 3 is 2.29 bits per heavy atom. The molecule has 2 aromatic carbocycles. The van der Waals surface area contributed by atoms with Crippen LogP contribution in [0.3, 0.4) is 0 Å². The normalized spacial score (nSPS) is 16.9. The van der Waals surface area contributed by atoms with Gasteiger partial charge in [-0.1, -0.05) is 41.9 Å². The molecule has 10 nitrogen and oxygen atoms in total. The van der Waals surface area contributed by atoms with Crippen molar-refractivity contribution in [3.05, 3.63) is 118 Å². The summed E-state index contributed by atoms with van der Waals surface area (Å²) in [6.45, 7) is 6.26. The van der Waals surface area contributed by atoms with Crippen molar-refractivity contribution in [2.24, 2.45) is 5.92 Å². The summed E-state index contributed by atoms with van der Waals surface area (Å²) in [7, 11) is 0. The van der Waals surface area contributed by atoms with Gasteiger partial charge in [0.2, 0.25) is 0 Å². The average molecular weight is 700 g/mol. The summed E-state index contributed by atoms with van der Waals surface area (Å²) in [4.78, 5) is 34.5. The zero-order valence-electron chi connectivity index (χ0n) is 28.3. The molecule has 0 spiro atoms. The Balaban J connectivity index is 1.02. The van der Waals surface area contributed by atoms with Gasteiger partial charge in [-0.05, 0) is 71.5 Å². The molecule has 258 valence electrons. The molecule has 0 aliphatic carbocycles. The fraction of sp³-hybridized carbons (Fsp3) is 0.275. The molecule has 6 aromatic rings. The fourth-order valence-corrected chi connectivity index (χ4v) is 7.58. The van der Waals surface area contributed by atoms with Crippen LogP contribution in [0, 0.1) is 12.8 Å². The highest BCUT2D eigenvalue weighted by atomic mass is 35.5. The maximum absolute atomic E-state index is 11.2. The summed E-state index contributed by atoms with van der Waals surface area (Å²) in [5, 5.41) is 25.2. The number of hydrogen-bond donors (Lipinski definition) is 3. The van der Waals surface area contributed by atoms with Gasteiger partial charge in [-0.3, -0.25) is 29.5 Å². The molecule has 3 N–H and O–H groups in total. The third-order valence-electron chi connectivity index (χ3n) is 10.1. The topological polar surface area (TPSA) is 128 Å². The number of aromatic nitrogens is 4. The van der Waals surface area contributed by atoms with E-state index in [-0.39, 0.29) is 12.0 Å². The number of hydrogen-bond acceptors (Lipinski definition) is 9. The summed E-state index contributed by atoms with van der Waals surface area (Å²) < 4.78 is 0. The van der Waals surface area contributed by atoms with Gasteiger partial charge >= 0.3 is 5.97 Å². The van der Waals surface area contributed by atoms with E-state index in [9.17, 15) is 15.0 Å². The second-order valence-electron chi connectivity index (χ2n) is 13.7. The lowest BCUT2D eigenvalue weighted by Crippen LogP contribution is -2.49. The molecule has 2 fully saturated rings. The van der Waals surface area contributed by atoms with Crippen molar-refractivity contribution >= 4 is 50.9 Å². The summed E-state index contributed by atoms with van der Waals surface area (Å²) >= 11 is 7.14. The highest BCUT2D eigenvalue weighted by Gasteiger charge is 2.32. The second-order valence-corrected chi connectivity index (χ2v) is 14.1. The van der Waals surface area contributed by atoms with Gasteiger partial charge in [0.15, 0.2) is 5.82 Å². The van der Waals surface area contributed by atoms with Gasteiger partial charge in [0, 0.05) is 86.8 Å². The number of nitrogens with zero attached hydrogens (tertiary/aromatic N) is 6. The first-order valence-corrected chi connectivity index (χ1v) is 17.6. The number of carboxylic acids is 1. The quantitative estimate of drug-likeness (QED) is 0.144. The highest BCUT2D eigenvalue weighted by molar-refractivity contribution is 6.36. The number of aliphatic hydroxyl groups excluding tert-OH is 1. The van der Waals surface area contributed by atoms with Gasteiger partial charge < -0.3 is 15.5 Å². The number of benzene rings is 2. The molecule has 8 rings (SSSR count). The van der Waals surface area contributed by atoms with E-state index in [1.165, 1.54) is 0 Å². The lowest BCUT2D eigenvalue weighted by Gasteiger charge is -2.36. The lowest BCUT2D eigenvalue weighted by atomic mass is 9.93. The van der Waals surface area contributed by atoms with E-state index in [0.29, 0.717) is 43.4 Å². The number of likely N-dealkylation sites (tertiary alicyclic amines) is 2. The van der Waals surface area contributed by atoms with Crippen molar-refractivity contribution in [1.82, 2.24) is 29.7 Å². The first-order chi connectivity index (χ1) is 24.8. The van der Waals surface area contributed by atoms with Gasteiger partial charge in [0.1, 0.15) is 5.52 Å². The van der Waals surface area contributed by atoms with E-state index in [2.05, 4.69) is 57.4 Å². The van der Waals surface area contributed by atoms with Crippen molar-refractivity contribution in [3.8, 4) is 11.1 Å². The van der Waals surface area contributed by atoms with Gasteiger partial charge in [0.25, 0.3) is 0 Å². The van der Waals surface area contributed by atoms with E-state index in [4.69, 9.17) is 26.6 Å². The van der Waals surface area contributed by atoms with E-state index in [1.807, 2.05) is 48.9 Å². The van der Waals surface area contributed by atoms with Crippen LogP contribution >= 0.6 is 11.6 Å². The molecule has 6 heterocycles. The Morgan fingerprint density at radius 2 is 1.55 bits per heavy atom. The minimum absolute atomic E-state index is 0.252. The Hall–Kier alpha value is -5.00. The third-order valence-corrected chi connectivity index (χ3v) is 10.5. The van der Waals surface area contributed by atoms with Crippen molar-refractivity contribution in [3.63, 3.8) is 0 Å². The van der Waals surface area contributed by atoms with Gasteiger partial charge in [0.05, 0.1) is 33.9 Å². The number of carbonyl (C=O) groups is 1. The highest BCUT2D eigenvalue weighted by Crippen LogP contribution is 2.38. The number of nitrogens with one attached hydrogen (secondary N) is 1. The van der Waals surface area contributed by atoms with Crippen LogP contribution in [-0.4, -0.2) is 78.2 Å². The van der Waals surface area contributed by atoms with E-state index in [0.717, 1.165) is 86.1 Å². The molecule has 1 atom stereocenters. The maximum Gasteiger partial charge on any atom is 0.309 e. The zero-order valence-corrected chi connectivity index (χ0v) is 29.0. The van der Waals surface area contributed by atoms with Gasteiger partial charge in [-0.2, -0.15) is 0 Å². The number of anilines is 2. The van der Waals surface area contributed by atoms with E-state index in [1.54, 1.807) is 6.20 Å². The molecular formula is C40H38ClN7O3. The monoisotopic (exact) mass is 699 g/mol. The number of β-amino-alcohol motifs (C(OH)–C–C–N with tert-alkyl or cyclic N) is 1. The zero-order chi connectivity index (χ0) is 35.1. The number of fused-ring (bicyclic) bond motifs is 2. The second kappa shape index (κ2) is 14.0. The lowest BCUT2D eigenvalue weighted by molar-refractivity contribution is -0.147. The van der Waals surface area contributed by atoms with Crippen LogP contribution in [0.5, 0.6) is 0 Å². The van der Waals surface area contributed by atoms with Crippen molar-refractivity contribution in [2.75, 3.05) is 31.5 Å². The largest absolute Gasteiger partial charge is 0.481 e. The summed E-state index contributed by atoms with van der Waals surface area (Å²) in [6.07, 6.45) is 8.53. The van der Waals surface area contributed by atoms with E-state index >= 15 is 0 Å². The number of aliphatic hydroxyl groups is 1. The number of rotatable bonds is 10. The minimum Gasteiger partial charge on any atom is -0.481 e. The fourth-order valence-electron chi connectivity index (χ4n) is 7.30. The molecule has 51 heavy (non-hydrogen) atoms. The van der Waals surface area contributed by atoms with Crippen LogP contribution in [0.1, 0.15) is 34.4 Å². The smallest absolute Gasteiger partial charge is 0.309 e. The summed E-state index contributed by atoms with van der Waals surface area (Å²) in [6, 6.07) is 20.5. The average Bonchev–Trinajstić information content (AvgIpc) is 3.52. The third kappa shape index (κ3) is 6.88. The van der Waals surface area contributed by atoms with Crippen LogP contribution < -0.4 is 5.32 Å². The van der Waals surface area contributed by atoms with Crippen LogP contribution in [0.4, 0.5) is 11.5 Å². The molecule has 0 radical (unpaired) electrons. The van der Waals surface area contributed by atoms with Crippen molar-refractivity contribution < 1.29 is 15.0 Å². The van der Waals surface area contributed by atoms with E-state index < -0.39 is 5.97 Å². The Labute approximate surface area is 300 Å². The van der Waals surface area contributed by atoms with Gasteiger partial charge in [-0.25, -0.2) is 4.98 Å². The first kappa shape index (κ1) is 33.2. The van der Waals surface area contributed by atoms with Crippen LogP contribution in [0.2, 0.25) is 5.02 Å². The SMILES string of the molecule is Cc1c(Cc2nccc3cc(CN4CC(C(=O)O)C4)cnc23)cccc1-c1cccc(Nc2nccc3cc(CN4CC[C@@H](O)C4)cnc23)c1Cl. The number of carboxylic acid groups (broad SMARTS) is 1. The van der Waals surface area contributed by atoms with Crippen LogP contribution in [0.15, 0.2) is 85.5 Å². The first-order valence-electron chi connectivity index (χ1n) is 17.2. The molecule has 0 amide bonds. The van der Waals surface area contributed by atoms with Crippen LogP contribution in [0.25, 0.3) is 32.9 Å². The molecule has 2 aliphatic heterocycles. The number of halogens is 1. The molecule has 0 bridgehead atoms. The minimum atomic E-state index is -0.730. The molecule has 2 aliphatic rings.